The second-order valence-electron chi connectivity index (χ2n) is 6.19. The van der Waals surface area contributed by atoms with Crippen molar-refractivity contribution >= 4 is 17.4 Å². The van der Waals surface area contributed by atoms with E-state index < -0.39 is 35.9 Å². The van der Waals surface area contributed by atoms with Gasteiger partial charge in [-0.15, -0.1) is 0 Å². The van der Waals surface area contributed by atoms with Crippen molar-refractivity contribution in [1.82, 2.24) is 4.90 Å². The summed E-state index contributed by atoms with van der Waals surface area (Å²) in [5.41, 5.74) is -0.845. The van der Waals surface area contributed by atoms with Gasteiger partial charge in [0.2, 0.25) is 0 Å². The number of ether oxygens (including phenoxy) is 2. The lowest BCUT2D eigenvalue weighted by Crippen LogP contribution is -2.31. The number of carbonyl (C=O) groups is 2. The molecular weight excluding hydrogens is 391 g/mol. The van der Waals surface area contributed by atoms with E-state index in [1.54, 1.807) is 0 Å². The van der Waals surface area contributed by atoms with E-state index in [2.05, 4.69) is 0 Å². The number of nitrogens with zero attached hydrogens (tertiary/aromatic N) is 1. The van der Waals surface area contributed by atoms with Crippen LogP contribution < -0.4 is 9.47 Å². The number of hydrogen-bond donors (Lipinski definition) is 1. The summed E-state index contributed by atoms with van der Waals surface area (Å²) >= 11 is 0. The largest absolute Gasteiger partial charge is 0.502 e. The average molecular weight is 407 g/mol. The van der Waals surface area contributed by atoms with Gasteiger partial charge in [0.1, 0.15) is 0 Å². The Bertz CT molecular complexity index is 1010. The third-order valence-corrected chi connectivity index (χ3v) is 4.41. The highest BCUT2D eigenvalue weighted by molar-refractivity contribution is 6.34. The van der Waals surface area contributed by atoms with E-state index in [9.17, 15) is 27.9 Å². The van der Waals surface area contributed by atoms with Gasteiger partial charge in [-0.3, -0.25) is 14.5 Å². The fraction of sp³-hybridized carbons (Fsp3) is 0.200. The molecule has 0 spiro atoms. The molecule has 0 saturated heterocycles. The molecule has 2 aromatic rings. The van der Waals surface area contributed by atoms with Gasteiger partial charge in [0.15, 0.2) is 17.3 Å². The lowest BCUT2D eigenvalue weighted by atomic mass is 10.0. The minimum atomic E-state index is -4.56. The van der Waals surface area contributed by atoms with Gasteiger partial charge in [0, 0.05) is 0 Å². The summed E-state index contributed by atoms with van der Waals surface area (Å²) in [7, 11) is 2.81. The van der Waals surface area contributed by atoms with Crippen LogP contribution in [0, 0.1) is 0 Å². The number of rotatable bonds is 5. The van der Waals surface area contributed by atoms with Gasteiger partial charge in [0.25, 0.3) is 11.8 Å². The Labute approximate surface area is 163 Å². The summed E-state index contributed by atoms with van der Waals surface area (Å²) in [5, 5.41) is 10.2. The molecule has 0 atom stereocenters. The van der Waals surface area contributed by atoms with Crippen LogP contribution in [-0.2, 0) is 22.3 Å². The standard InChI is InChI=1S/C20H16F3NO5/c1-28-14-7-6-12(9-15(14)29-2)16-17(25)19(27)24(18(16)26)10-11-4-3-5-13(8-11)20(21,22)23/h3-9,25H,10H2,1-2H3. The molecule has 0 unspecified atom stereocenters. The number of alkyl halides is 3. The molecule has 6 nitrogen and oxygen atoms in total. The summed E-state index contributed by atoms with van der Waals surface area (Å²) in [6.45, 7) is -0.414. The highest BCUT2D eigenvalue weighted by atomic mass is 19.4. The molecule has 1 heterocycles. The van der Waals surface area contributed by atoms with Crippen molar-refractivity contribution < 1.29 is 37.3 Å². The summed E-state index contributed by atoms with van der Waals surface area (Å²) in [6.07, 6.45) is -4.56. The first-order valence-corrected chi connectivity index (χ1v) is 8.35. The van der Waals surface area contributed by atoms with Crippen LogP contribution in [-0.4, -0.2) is 36.0 Å². The molecular formula is C20H16F3NO5. The lowest BCUT2D eigenvalue weighted by molar-refractivity contribution is -0.138. The second-order valence-corrected chi connectivity index (χ2v) is 6.19. The number of carbonyl (C=O) groups excluding carboxylic acids is 2. The molecule has 2 aromatic carbocycles. The normalized spacial score (nSPS) is 14.6. The first-order valence-electron chi connectivity index (χ1n) is 8.35. The number of halogens is 3. The van der Waals surface area contributed by atoms with E-state index in [-0.39, 0.29) is 22.4 Å². The molecule has 1 aliphatic rings. The summed E-state index contributed by atoms with van der Waals surface area (Å²) in [5.74, 6) is -1.93. The topological polar surface area (TPSA) is 76.1 Å². The zero-order valence-corrected chi connectivity index (χ0v) is 15.4. The Morgan fingerprint density at radius 1 is 0.966 bits per heavy atom. The van der Waals surface area contributed by atoms with E-state index in [1.807, 2.05) is 0 Å². The van der Waals surface area contributed by atoms with Crippen LogP contribution in [0.5, 0.6) is 11.5 Å². The van der Waals surface area contributed by atoms with Crippen molar-refractivity contribution in [3.05, 3.63) is 64.9 Å². The molecule has 1 N–H and O–H groups in total. The molecule has 3 rings (SSSR count). The fourth-order valence-electron chi connectivity index (χ4n) is 2.99. The van der Waals surface area contributed by atoms with Crippen molar-refractivity contribution in [1.29, 1.82) is 0 Å². The molecule has 0 aromatic heterocycles. The molecule has 0 saturated carbocycles. The van der Waals surface area contributed by atoms with E-state index in [4.69, 9.17) is 9.47 Å². The van der Waals surface area contributed by atoms with E-state index in [0.29, 0.717) is 10.6 Å². The predicted molar refractivity (Wildman–Crippen MR) is 96.1 cm³/mol. The van der Waals surface area contributed by atoms with Gasteiger partial charge in [-0.25, -0.2) is 0 Å². The van der Waals surface area contributed by atoms with Crippen molar-refractivity contribution in [3.8, 4) is 11.5 Å². The molecule has 9 heteroatoms. The number of amides is 2. The summed E-state index contributed by atoms with van der Waals surface area (Å²) in [4.78, 5) is 25.8. The molecule has 0 radical (unpaired) electrons. The molecule has 0 fully saturated rings. The molecule has 1 aliphatic heterocycles. The molecule has 0 aliphatic carbocycles. The SMILES string of the molecule is COc1ccc(C2=C(O)C(=O)N(Cc3cccc(C(F)(F)F)c3)C2=O)cc1OC. The lowest BCUT2D eigenvalue weighted by Gasteiger charge is -2.16. The number of benzene rings is 2. The van der Waals surface area contributed by atoms with Crippen LogP contribution >= 0.6 is 0 Å². The molecule has 29 heavy (non-hydrogen) atoms. The Hall–Kier alpha value is -3.49. The van der Waals surface area contributed by atoms with Gasteiger partial charge in [-0.1, -0.05) is 18.2 Å². The average Bonchev–Trinajstić information content (AvgIpc) is 2.90. The maximum Gasteiger partial charge on any atom is 0.416 e. The Morgan fingerprint density at radius 2 is 1.66 bits per heavy atom. The maximum atomic E-state index is 12.9. The van der Waals surface area contributed by atoms with Gasteiger partial charge in [-0.2, -0.15) is 13.2 Å². The number of aliphatic hydroxyl groups is 1. The second kappa shape index (κ2) is 7.50. The predicted octanol–water partition coefficient (Wildman–Crippen LogP) is 3.56. The first-order chi connectivity index (χ1) is 13.7. The van der Waals surface area contributed by atoms with Crippen LogP contribution in [0.2, 0.25) is 0 Å². The van der Waals surface area contributed by atoms with Gasteiger partial charge >= 0.3 is 6.18 Å². The molecule has 2 amide bonds. The number of aliphatic hydroxyl groups excluding tert-OH is 1. The minimum absolute atomic E-state index is 0.0999. The number of imide groups is 1. The van der Waals surface area contributed by atoms with Crippen molar-refractivity contribution in [2.75, 3.05) is 14.2 Å². The zero-order valence-electron chi connectivity index (χ0n) is 15.4. The smallest absolute Gasteiger partial charge is 0.416 e. The zero-order chi connectivity index (χ0) is 21.3. The third kappa shape index (κ3) is 3.75. The number of hydrogen-bond acceptors (Lipinski definition) is 5. The Kier molecular flexibility index (Phi) is 5.23. The summed E-state index contributed by atoms with van der Waals surface area (Å²) < 4.78 is 49.0. The van der Waals surface area contributed by atoms with Crippen LogP contribution in [0.4, 0.5) is 13.2 Å². The van der Waals surface area contributed by atoms with E-state index in [1.165, 1.54) is 44.6 Å². The van der Waals surface area contributed by atoms with Gasteiger partial charge in [-0.05, 0) is 35.4 Å². The third-order valence-electron chi connectivity index (χ3n) is 4.41. The quantitative estimate of drug-likeness (QED) is 0.767. The van der Waals surface area contributed by atoms with Crippen molar-refractivity contribution in [2.45, 2.75) is 12.7 Å². The monoisotopic (exact) mass is 407 g/mol. The maximum absolute atomic E-state index is 12.9. The highest BCUT2D eigenvalue weighted by Gasteiger charge is 2.40. The Balaban J connectivity index is 1.92. The van der Waals surface area contributed by atoms with Crippen molar-refractivity contribution in [2.24, 2.45) is 0 Å². The minimum Gasteiger partial charge on any atom is -0.502 e. The van der Waals surface area contributed by atoms with E-state index >= 15 is 0 Å². The van der Waals surface area contributed by atoms with Gasteiger partial charge in [0.05, 0.1) is 31.9 Å². The van der Waals surface area contributed by atoms with Crippen LogP contribution in [0.1, 0.15) is 16.7 Å². The Morgan fingerprint density at radius 3 is 2.28 bits per heavy atom. The summed E-state index contributed by atoms with van der Waals surface area (Å²) in [6, 6.07) is 8.68. The van der Waals surface area contributed by atoms with Crippen LogP contribution in [0.3, 0.4) is 0 Å². The molecule has 0 bridgehead atoms. The molecule has 152 valence electrons. The van der Waals surface area contributed by atoms with Gasteiger partial charge < -0.3 is 14.6 Å². The fourth-order valence-corrected chi connectivity index (χ4v) is 2.99. The van der Waals surface area contributed by atoms with E-state index in [0.717, 1.165) is 12.1 Å². The van der Waals surface area contributed by atoms with Crippen LogP contribution in [0.15, 0.2) is 48.2 Å². The first kappa shape index (κ1) is 20.2. The number of methoxy groups -OCH3 is 2. The van der Waals surface area contributed by atoms with Crippen LogP contribution in [0.25, 0.3) is 5.57 Å². The van der Waals surface area contributed by atoms with Crippen molar-refractivity contribution in [3.63, 3.8) is 0 Å². The highest BCUT2D eigenvalue weighted by Crippen LogP contribution is 2.35.